The molecule has 0 aromatic carbocycles. The van der Waals surface area contributed by atoms with Crippen molar-refractivity contribution in [3.63, 3.8) is 0 Å². The topological polar surface area (TPSA) is 54.5 Å². The zero-order chi connectivity index (χ0) is 16.3. The van der Waals surface area contributed by atoms with Crippen LogP contribution in [0.15, 0.2) is 5.51 Å². The summed E-state index contributed by atoms with van der Waals surface area (Å²) in [6.07, 6.45) is 1.98. The molecule has 1 heterocycles. The third kappa shape index (κ3) is 4.95. The highest BCUT2D eigenvalue weighted by Crippen LogP contribution is 2.28. The Kier molecular flexibility index (Phi) is 5.45. The number of hydrogen-bond acceptors (Lipinski definition) is 5. The molecule has 124 valence electrons. The molecule has 0 aliphatic heterocycles. The minimum absolute atomic E-state index is 0.196. The molecule has 0 bridgehead atoms. The predicted molar refractivity (Wildman–Crippen MR) is 89.2 cm³/mol. The number of rotatable bonds is 6. The van der Waals surface area contributed by atoms with Crippen molar-refractivity contribution in [1.29, 1.82) is 0 Å². The number of aryl methyl sites for hydroxylation is 1. The first kappa shape index (κ1) is 17.2. The van der Waals surface area contributed by atoms with Gasteiger partial charge < -0.3 is 15.0 Å². The molecular formula is C16H27N3O2S. The fourth-order valence-corrected chi connectivity index (χ4v) is 3.19. The van der Waals surface area contributed by atoms with Gasteiger partial charge in [0.1, 0.15) is 5.60 Å². The van der Waals surface area contributed by atoms with E-state index in [4.69, 9.17) is 4.74 Å². The first-order chi connectivity index (χ1) is 10.3. The third-order valence-electron chi connectivity index (χ3n) is 3.59. The van der Waals surface area contributed by atoms with Crippen LogP contribution in [0.2, 0.25) is 0 Å². The van der Waals surface area contributed by atoms with Gasteiger partial charge in [0.25, 0.3) is 0 Å². The Morgan fingerprint density at radius 1 is 1.55 bits per heavy atom. The molecule has 6 heteroatoms. The SMILES string of the molecule is Cc1ncsc1C(C)NCCN(C(=O)OC(C)(C)C)C1CC1. The molecule has 1 aromatic rings. The van der Waals surface area contributed by atoms with Gasteiger partial charge in [-0.2, -0.15) is 0 Å². The second-order valence-electron chi connectivity index (χ2n) is 6.88. The van der Waals surface area contributed by atoms with Crippen molar-refractivity contribution in [1.82, 2.24) is 15.2 Å². The van der Waals surface area contributed by atoms with Gasteiger partial charge in [-0.15, -0.1) is 11.3 Å². The van der Waals surface area contributed by atoms with Crippen molar-refractivity contribution in [2.45, 2.75) is 65.1 Å². The van der Waals surface area contributed by atoms with E-state index in [0.29, 0.717) is 12.6 Å². The normalized spacial score (nSPS) is 16.4. The number of ether oxygens (including phenoxy) is 1. The molecule has 1 aliphatic rings. The average molecular weight is 325 g/mol. The van der Waals surface area contributed by atoms with Crippen LogP contribution in [-0.4, -0.2) is 40.7 Å². The molecule has 1 atom stereocenters. The van der Waals surface area contributed by atoms with Crippen LogP contribution in [0.1, 0.15) is 57.1 Å². The van der Waals surface area contributed by atoms with Crippen LogP contribution in [0.3, 0.4) is 0 Å². The molecule has 1 fully saturated rings. The predicted octanol–water partition coefficient (Wildman–Crippen LogP) is 3.50. The van der Waals surface area contributed by atoms with E-state index < -0.39 is 5.60 Å². The van der Waals surface area contributed by atoms with E-state index in [1.54, 1.807) is 11.3 Å². The first-order valence-corrected chi connectivity index (χ1v) is 8.79. The highest BCUT2D eigenvalue weighted by Gasteiger charge is 2.34. The third-order valence-corrected chi connectivity index (χ3v) is 4.71. The molecule has 5 nitrogen and oxygen atoms in total. The molecule has 1 unspecified atom stereocenters. The molecule has 22 heavy (non-hydrogen) atoms. The number of aromatic nitrogens is 1. The van der Waals surface area contributed by atoms with Gasteiger partial charge in [-0.1, -0.05) is 0 Å². The van der Waals surface area contributed by atoms with E-state index in [0.717, 1.165) is 25.1 Å². The number of amides is 1. The Labute approximate surface area is 137 Å². The van der Waals surface area contributed by atoms with Crippen LogP contribution >= 0.6 is 11.3 Å². The highest BCUT2D eigenvalue weighted by atomic mass is 32.1. The molecule has 1 aromatic heterocycles. The van der Waals surface area contributed by atoms with E-state index in [2.05, 4.69) is 17.2 Å². The summed E-state index contributed by atoms with van der Waals surface area (Å²) in [6, 6.07) is 0.615. The quantitative estimate of drug-likeness (QED) is 0.870. The van der Waals surface area contributed by atoms with E-state index in [1.807, 2.05) is 38.1 Å². The van der Waals surface area contributed by atoms with Crippen LogP contribution in [0.25, 0.3) is 0 Å². The summed E-state index contributed by atoms with van der Waals surface area (Å²) in [5.41, 5.74) is 2.52. The van der Waals surface area contributed by atoms with E-state index in [-0.39, 0.29) is 12.1 Å². The molecule has 2 rings (SSSR count). The smallest absolute Gasteiger partial charge is 0.410 e. The summed E-state index contributed by atoms with van der Waals surface area (Å²) < 4.78 is 5.50. The van der Waals surface area contributed by atoms with Crippen molar-refractivity contribution in [2.24, 2.45) is 0 Å². The molecular weight excluding hydrogens is 298 g/mol. The number of nitrogens with zero attached hydrogens (tertiary/aromatic N) is 2. The minimum Gasteiger partial charge on any atom is -0.444 e. The van der Waals surface area contributed by atoms with Gasteiger partial charge in [-0.25, -0.2) is 9.78 Å². The summed E-state index contributed by atoms with van der Waals surface area (Å²) in [5.74, 6) is 0. The zero-order valence-electron chi connectivity index (χ0n) is 14.2. The molecule has 1 amide bonds. The lowest BCUT2D eigenvalue weighted by atomic mass is 10.2. The molecule has 1 N–H and O–H groups in total. The fourth-order valence-electron chi connectivity index (χ4n) is 2.35. The molecule has 0 spiro atoms. The van der Waals surface area contributed by atoms with Crippen molar-refractivity contribution < 1.29 is 9.53 Å². The van der Waals surface area contributed by atoms with Gasteiger partial charge >= 0.3 is 6.09 Å². The molecule has 1 aliphatic carbocycles. The van der Waals surface area contributed by atoms with Crippen LogP contribution in [0.4, 0.5) is 4.79 Å². The summed E-state index contributed by atoms with van der Waals surface area (Å²) in [6.45, 7) is 11.3. The maximum Gasteiger partial charge on any atom is 0.410 e. The number of thiazole rings is 1. The Balaban J connectivity index is 1.82. The van der Waals surface area contributed by atoms with Crippen molar-refractivity contribution in [3.8, 4) is 0 Å². The van der Waals surface area contributed by atoms with Crippen molar-refractivity contribution in [2.75, 3.05) is 13.1 Å². The standard InChI is InChI=1S/C16H27N3O2S/c1-11(14-12(2)18-10-22-14)17-8-9-19(13-6-7-13)15(20)21-16(3,4)5/h10-11,13,17H,6-9H2,1-5H3. The maximum absolute atomic E-state index is 12.3. The van der Waals surface area contributed by atoms with Gasteiger partial charge in [-0.05, 0) is 47.5 Å². The molecule has 1 saturated carbocycles. The van der Waals surface area contributed by atoms with E-state index in [1.165, 1.54) is 4.88 Å². The Bertz CT molecular complexity index is 506. The van der Waals surface area contributed by atoms with Crippen molar-refractivity contribution >= 4 is 17.4 Å². The Hall–Kier alpha value is -1.14. The van der Waals surface area contributed by atoms with Gasteiger partial charge in [0.05, 0.1) is 11.2 Å². The van der Waals surface area contributed by atoms with Crippen LogP contribution < -0.4 is 5.32 Å². The fraction of sp³-hybridized carbons (Fsp3) is 0.750. The van der Waals surface area contributed by atoms with E-state index in [9.17, 15) is 4.79 Å². The molecule has 0 saturated heterocycles. The number of carbonyl (C=O) groups is 1. The number of carbonyl (C=O) groups excluding carboxylic acids is 1. The van der Waals surface area contributed by atoms with Gasteiger partial charge in [0.2, 0.25) is 0 Å². The molecule has 0 radical (unpaired) electrons. The number of hydrogen-bond donors (Lipinski definition) is 1. The van der Waals surface area contributed by atoms with Gasteiger partial charge in [0, 0.05) is 30.1 Å². The highest BCUT2D eigenvalue weighted by molar-refractivity contribution is 7.09. The summed E-state index contributed by atoms with van der Waals surface area (Å²) in [7, 11) is 0. The van der Waals surface area contributed by atoms with Crippen LogP contribution in [-0.2, 0) is 4.74 Å². The maximum atomic E-state index is 12.3. The summed E-state index contributed by atoms with van der Waals surface area (Å²) >= 11 is 1.67. The minimum atomic E-state index is -0.440. The first-order valence-electron chi connectivity index (χ1n) is 7.91. The number of nitrogens with one attached hydrogen (secondary N) is 1. The van der Waals surface area contributed by atoms with Gasteiger partial charge in [-0.3, -0.25) is 0 Å². The lowest BCUT2D eigenvalue weighted by Gasteiger charge is -2.28. The summed E-state index contributed by atoms with van der Waals surface area (Å²) in [4.78, 5) is 19.7. The average Bonchev–Trinajstić information content (AvgIpc) is 3.13. The lowest BCUT2D eigenvalue weighted by molar-refractivity contribution is 0.0235. The second kappa shape index (κ2) is 6.96. The zero-order valence-corrected chi connectivity index (χ0v) is 15.0. The van der Waals surface area contributed by atoms with Crippen LogP contribution in [0, 0.1) is 6.92 Å². The largest absolute Gasteiger partial charge is 0.444 e. The monoisotopic (exact) mass is 325 g/mol. The Morgan fingerprint density at radius 3 is 2.73 bits per heavy atom. The van der Waals surface area contributed by atoms with Crippen molar-refractivity contribution in [3.05, 3.63) is 16.1 Å². The van der Waals surface area contributed by atoms with E-state index >= 15 is 0 Å². The Morgan fingerprint density at radius 2 is 2.23 bits per heavy atom. The summed E-state index contributed by atoms with van der Waals surface area (Å²) in [5, 5.41) is 3.48. The van der Waals surface area contributed by atoms with Crippen LogP contribution in [0.5, 0.6) is 0 Å². The second-order valence-corrected chi connectivity index (χ2v) is 7.77. The lowest BCUT2D eigenvalue weighted by Crippen LogP contribution is -2.42. The van der Waals surface area contributed by atoms with Gasteiger partial charge in [0.15, 0.2) is 0 Å².